The molecule has 5 rings (SSSR count). The number of benzene rings is 2. The second-order valence-electron chi connectivity index (χ2n) is 7.32. The molecule has 2 aromatic heterocycles. The number of nitrogens with one attached hydrogen (secondary N) is 1. The van der Waals surface area contributed by atoms with E-state index in [1.54, 1.807) is 23.7 Å². The highest BCUT2D eigenvalue weighted by molar-refractivity contribution is 7.22. The Morgan fingerprint density at radius 3 is 2.52 bits per heavy atom. The third-order valence-electron chi connectivity index (χ3n) is 5.30. The Morgan fingerprint density at radius 2 is 1.69 bits per heavy atom. The number of rotatable bonds is 5. The van der Waals surface area contributed by atoms with E-state index in [1.807, 2.05) is 42.5 Å². The van der Waals surface area contributed by atoms with Gasteiger partial charge in [-0.25, -0.2) is 9.97 Å². The van der Waals surface area contributed by atoms with E-state index in [-0.39, 0.29) is 0 Å². The molecule has 0 atom stereocenters. The summed E-state index contributed by atoms with van der Waals surface area (Å²) in [5, 5.41) is 4.25. The molecule has 29 heavy (non-hydrogen) atoms. The predicted octanol–water partition coefficient (Wildman–Crippen LogP) is 6.67. The minimum Gasteiger partial charge on any atom is -0.437 e. The topological polar surface area (TPSA) is 59.9 Å². The van der Waals surface area contributed by atoms with Crippen molar-refractivity contribution < 1.29 is 4.74 Å². The van der Waals surface area contributed by atoms with Gasteiger partial charge in [0.1, 0.15) is 11.4 Å². The summed E-state index contributed by atoms with van der Waals surface area (Å²) in [6.07, 6.45) is 9.63. The number of hydrogen-bond acceptors (Lipinski definition) is 6. The molecule has 1 N–H and O–H groups in total. The summed E-state index contributed by atoms with van der Waals surface area (Å²) >= 11 is 1.64. The molecule has 0 radical (unpaired) electrons. The molecule has 0 aliphatic heterocycles. The van der Waals surface area contributed by atoms with Gasteiger partial charge in [-0.1, -0.05) is 42.7 Å². The second kappa shape index (κ2) is 8.17. The van der Waals surface area contributed by atoms with Crippen LogP contribution in [0.1, 0.15) is 43.7 Å². The lowest BCUT2D eigenvalue weighted by Gasteiger charge is -2.22. The van der Waals surface area contributed by atoms with E-state index in [0.717, 1.165) is 27.8 Å². The van der Waals surface area contributed by atoms with Gasteiger partial charge in [-0.2, -0.15) is 0 Å². The van der Waals surface area contributed by atoms with Crippen LogP contribution < -0.4 is 10.1 Å². The molecule has 0 bridgehead atoms. The molecule has 0 spiro atoms. The predicted molar refractivity (Wildman–Crippen MR) is 117 cm³/mol. The number of para-hydroxylation sites is 1. The summed E-state index contributed by atoms with van der Waals surface area (Å²) in [4.78, 5) is 13.7. The summed E-state index contributed by atoms with van der Waals surface area (Å²) in [5.41, 5.74) is 2.98. The van der Waals surface area contributed by atoms with Crippen LogP contribution in [-0.2, 0) is 0 Å². The fourth-order valence-corrected chi connectivity index (χ4v) is 4.72. The SMILES string of the molecule is c1ccc2sc(Nc3ccc(Oc4nccnc4C4CCCCC4)cc3)nc2c1. The van der Waals surface area contributed by atoms with E-state index < -0.39 is 0 Å². The number of nitrogens with zero attached hydrogens (tertiary/aromatic N) is 3. The molecule has 0 unspecified atom stereocenters. The van der Waals surface area contributed by atoms with E-state index in [0.29, 0.717) is 11.8 Å². The number of fused-ring (bicyclic) bond motifs is 1. The molecule has 2 heterocycles. The third kappa shape index (κ3) is 4.07. The molecule has 2 aromatic carbocycles. The molecule has 4 aromatic rings. The summed E-state index contributed by atoms with van der Waals surface area (Å²) < 4.78 is 7.28. The van der Waals surface area contributed by atoms with Crippen LogP contribution >= 0.6 is 11.3 Å². The van der Waals surface area contributed by atoms with Crippen molar-refractivity contribution in [3.05, 3.63) is 66.6 Å². The number of aromatic nitrogens is 3. The summed E-state index contributed by atoms with van der Waals surface area (Å²) in [7, 11) is 0. The minimum absolute atomic E-state index is 0.451. The van der Waals surface area contributed by atoms with Gasteiger partial charge >= 0.3 is 0 Å². The maximum absolute atomic E-state index is 6.10. The standard InChI is InChI=1S/C23H22N4OS/c1-2-6-16(7-3-1)21-22(25-15-14-24-21)28-18-12-10-17(11-13-18)26-23-27-19-8-4-5-9-20(19)29-23/h4-5,8-16H,1-3,6-7H2,(H,26,27). The van der Waals surface area contributed by atoms with Gasteiger partial charge in [0.2, 0.25) is 5.88 Å². The zero-order chi connectivity index (χ0) is 19.5. The van der Waals surface area contributed by atoms with Crippen molar-refractivity contribution >= 4 is 32.4 Å². The van der Waals surface area contributed by atoms with Gasteiger partial charge in [-0.15, -0.1) is 0 Å². The number of anilines is 2. The van der Waals surface area contributed by atoms with Crippen LogP contribution in [0.15, 0.2) is 60.9 Å². The Labute approximate surface area is 173 Å². The molecule has 5 nitrogen and oxygen atoms in total. The van der Waals surface area contributed by atoms with Crippen LogP contribution in [0.3, 0.4) is 0 Å². The first-order valence-corrected chi connectivity index (χ1v) is 10.9. The van der Waals surface area contributed by atoms with E-state index >= 15 is 0 Å². The van der Waals surface area contributed by atoms with Crippen molar-refractivity contribution in [1.82, 2.24) is 15.0 Å². The lowest BCUT2D eigenvalue weighted by atomic mass is 9.87. The second-order valence-corrected chi connectivity index (χ2v) is 8.35. The van der Waals surface area contributed by atoms with E-state index in [4.69, 9.17) is 4.74 Å². The van der Waals surface area contributed by atoms with Crippen molar-refractivity contribution in [1.29, 1.82) is 0 Å². The quantitative estimate of drug-likeness (QED) is 0.404. The van der Waals surface area contributed by atoms with Crippen molar-refractivity contribution in [3.63, 3.8) is 0 Å². The molecular weight excluding hydrogens is 380 g/mol. The van der Waals surface area contributed by atoms with Crippen molar-refractivity contribution in [2.45, 2.75) is 38.0 Å². The molecule has 146 valence electrons. The van der Waals surface area contributed by atoms with Gasteiger partial charge in [0.15, 0.2) is 5.13 Å². The van der Waals surface area contributed by atoms with Gasteiger partial charge in [0.05, 0.1) is 10.2 Å². The van der Waals surface area contributed by atoms with Gasteiger partial charge in [0.25, 0.3) is 0 Å². The molecule has 0 amide bonds. The summed E-state index contributed by atoms with van der Waals surface area (Å²) in [6.45, 7) is 0. The molecule has 1 saturated carbocycles. The van der Waals surface area contributed by atoms with Crippen LogP contribution in [-0.4, -0.2) is 15.0 Å². The Bertz CT molecular complexity index is 1070. The molecule has 1 fully saturated rings. The Hall–Kier alpha value is -2.99. The zero-order valence-electron chi connectivity index (χ0n) is 16.0. The first kappa shape index (κ1) is 18.1. The van der Waals surface area contributed by atoms with Gasteiger partial charge < -0.3 is 10.1 Å². The summed E-state index contributed by atoms with van der Waals surface area (Å²) in [6, 6.07) is 16.1. The summed E-state index contributed by atoms with van der Waals surface area (Å²) in [5.74, 6) is 1.84. The lowest BCUT2D eigenvalue weighted by molar-refractivity contribution is 0.401. The Kier molecular flexibility index (Phi) is 5.09. The zero-order valence-corrected chi connectivity index (χ0v) is 16.9. The number of ether oxygens (including phenoxy) is 1. The average Bonchev–Trinajstić information content (AvgIpc) is 3.18. The smallest absolute Gasteiger partial charge is 0.241 e. The van der Waals surface area contributed by atoms with Gasteiger partial charge in [0, 0.05) is 24.0 Å². The highest BCUT2D eigenvalue weighted by Crippen LogP contribution is 2.36. The maximum Gasteiger partial charge on any atom is 0.241 e. The van der Waals surface area contributed by atoms with Crippen molar-refractivity contribution in [3.8, 4) is 11.6 Å². The van der Waals surface area contributed by atoms with Crippen LogP contribution in [0.4, 0.5) is 10.8 Å². The lowest BCUT2D eigenvalue weighted by Crippen LogP contribution is -2.08. The normalized spacial score (nSPS) is 14.8. The number of hydrogen-bond donors (Lipinski definition) is 1. The molecule has 1 aliphatic rings. The Morgan fingerprint density at radius 1 is 0.897 bits per heavy atom. The fourth-order valence-electron chi connectivity index (χ4n) is 3.84. The van der Waals surface area contributed by atoms with E-state index in [1.165, 1.54) is 36.8 Å². The van der Waals surface area contributed by atoms with Crippen LogP contribution in [0.5, 0.6) is 11.6 Å². The van der Waals surface area contributed by atoms with Crippen LogP contribution in [0.2, 0.25) is 0 Å². The fraction of sp³-hybridized carbons (Fsp3) is 0.261. The molecule has 6 heteroatoms. The monoisotopic (exact) mass is 402 g/mol. The highest BCUT2D eigenvalue weighted by Gasteiger charge is 2.21. The van der Waals surface area contributed by atoms with Gasteiger partial charge in [-0.05, 0) is 49.2 Å². The van der Waals surface area contributed by atoms with Crippen LogP contribution in [0, 0.1) is 0 Å². The molecular formula is C23H22N4OS. The number of thiazole rings is 1. The molecule has 1 aliphatic carbocycles. The maximum atomic E-state index is 6.10. The van der Waals surface area contributed by atoms with E-state index in [9.17, 15) is 0 Å². The van der Waals surface area contributed by atoms with Gasteiger partial charge in [-0.3, -0.25) is 4.98 Å². The highest BCUT2D eigenvalue weighted by atomic mass is 32.1. The van der Waals surface area contributed by atoms with Crippen LogP contribution in [0.25, 0.3) is 10.2 Å². The minimum atomic E-state index is 0.451. The largest absolute Gasteiger partial charge is 0.437 e. The average molecular weight is 403 g/mol. The Balaban J connectivity index is 1.31. The first-order valence-electron chi connectivity index (χ1n) is 10.1. The van der Waals surface area contributed by atoms with E-state index in [2.05, 4.69) is 26.3 Å². The van der Waals surface area contributed by atoms with Crippen molar-refractivity contribution in [2.24, 2.45) is 0 Å². The first-order chi connectivity index (χ1) is 14.3. The molecule has 0 saturated heterocycles. The van der Waals surface area contributed by atoms with Crippen molar-refractivity contribution in [2.75, 3.05) is 5.32 Å². The third-order valence-corrected chi connectivity index (χ3v) is 6.25.